The van der Waals surface area contributed by atoms with E-state index in [9.17, 15) is 0 Å². The van der Waals surface area contributed by atoms with Gasteiger partial charge in [0.15, 0.2) is 0 Å². The molecule has 5 heteroatoms. The van der Waals surface area contributed by atoms with Crippen molar-refractivity contribution in [3.63, 3.8) is 0 Å². The molecule has 0 bridgehead atoms. The molecule has 0 aromatic carbocycles. The van der Waals surface area contributed by atoms with Gasteiger partial charge in [-0.15, -0.1) is 0 Å². The SMILES string of the molecule is [Ag].[Al].[Au].[Cu].[Ni]. The van der Waals surface area contributed by atoms with Gasteiger partial charge in [0.25, 0.3) is 0 Å². The van der Waals surface area contributed by atoms with Crippen LogP contribution in [0.3, 0.4) is 0 Å². The van der Waals surface area contributed by atoms with E-state index in [4.69, 9.17) is 0 Å². The topological polar surface area (TPSA) is 0 Å². The first kappa shape index (κ1) is 43.3. The summed E-state index contributed by atoms with van der Waals surface area (Å²) in [5.41, 5.74) is 0. The molecule has 0 amide bonds. The van der Waals surface area contributed by atoms with Gasteiger partial charge >= 0.3 is 0 Å². The molecule has 0 atom stereocenters. The average Bonchev–Trinajstić information content (AvgIpc) is 0. The normalized spacial score (nSPS) is 0. The Kier molecular flexibility index (Phi) is 241. The standard InChI is InChI=1S/Ag.Al.Au.Cu.Ni. The monoisotopic (exact) mass is 452 g/mol. The van der Waals surface area contributed by atoms with Crippen molar-refractivity contribution in [2.75, 3.05) is 0 Å². The summed E-state index contributed by atoms with van der Waals surface area (Å²) < 4.78 is 0. The van der Waals surface area contributed by atoms with Gasteiger partial charge in [0.05, 0.1) is 0 Å². The fourth-order valence-electron chi connectivity index (χ4n) is 0. The summed E-state index contributed by atoms with van der Waals surface area (Å²) in [6, 6.07) is 0. The minimum absolute atomic E-state index is 0. The Morgan fingerprint density at radius 3 is 1.00 bits per heavy atom. The van der Waals surface area contributed by atoms with Crippen molar-refractivity contribution in [1.82, 2.24) is 0 Å². The molecular formula is AgAlAuCuNi. The van der Waals surface area contributed by atoms with Crippen molar-refractivity contribution >= 4 is 17.4 Å². The van der Waals surface area contributed by atoms with Crippen LogP contribution in [0.2, 0.25) is 0 Å². The third-order valence-corrected chi connectivity index (χ3v) is 0. The maximum atomic E-state index is 0. The summed E-state index contributed by atoms with van der Waals surface area (Å²) >= 11 is 0. The smallest absolute Gasteiger partial charge is 0 e. The van der Waals surface area contributed by atoms with E-state index in [0.29, 0.717) is 0 Å². The van der Waals surface area contributed by atoms with Gasteiger partial charge in [-0.3, -0.25) is 0 Å². The van der Waals surface area contributed by atoms with E-state index in [1.54, 1.807) is 0 Å². The summed E-state index contributed by atoms with van der Waals surface area (Å²) in [6.45, 7) is 0. The van der Waals surface area contributed by atoms with Crippen LogP contribution >= 0.6 is 0 Å². The third kappa shape index (κ3) is 19.4. The number of rotatable bonds is 0. The Labute approximate surface area is 94.2 Å². The van der Waals surface area contributed by atoms with E-state index in [-0.39, 0.29) is 95.7 Å². The Balaban J connectivity index is 0. The van der Waals surface area contributed by atoms with Crippen LogP contribution in [0.1, 0.15) is 0 Å². The molecule has 0 N–H and O–H groups in total. The summed E-state index contributed by atoms with van der Waals surface area (Å²) in [6.07, 6.45) is 0. The van der Waals surface area contributed by atoms with Crippen LogP contribution in [-0.2, 0) is 78.3 Å². The van der Waals surface area contributed by atoms with Crippen LogP contribution in [0.5, 0.6) is 0 Å². The van der Waals surface area contributed by atoms with Crippen LogP contribution in [0.25, 0.3) is 0 Å². The number of hydrogen-bond donors (Lipinski definition) is 0. The summed E-state index contributed by atoms with van der Waals surface area (Å²) in [5, 5.41) is 0. The van der Waals surface area contributed by atoms with Gasteiger partial charge in [-0.2, -0.15) is 0 Å². The molecule has 46 valence electrons. The fourth-order valence-corrected chi connectivity index (χ4v) is 0. The molecule has 0 aromatic rings. The Bertz CT molecular complexity index is 11.6. The minimum Gasteiger partial charge on any atom is 0 e. The molecule has 0 saturated carbocycles. The molecular weight excluding hydrogens is 454 g/mol. The van der Waals surface area contributed by atoms with Crippen molar-refractivity contribution in [3.05, 3.63) is 0 Å². The molecule has 6 radical (unpaired) electrons. The van der Waals surface area contributed by atoms with E-state index in [1.807, 2.05) is 0 Å². The van der Waals surface area contributed by atoms with E-state index in [1.165, 1.54) is 0 Å². The van der Waals surface area contributed by atoms with Gasteiger partial charge in [-0.25, -0.2) is 0 Å². The van der Waals surface area contributed by atoms with Crippen LogP contribution in [0.15, 0.2) is 0 Å². The molecule has 0 aliphatic heterocycles. The van der Waals surface area contributed by atoms with Crippen molar-refractivity contribution in [3.8, 4) is 0 Å². The van der Waals surface area contributed by atoms with Gasteiger partial charge in [0.1, 0.15) is 0 Å². The van der Waals surface area contributed by atoms with Gasteiger partial charge in [0, 0.05) is 95.7 Å². The van der Waals surface area contributed by atoms with E-state index < -0.39 is 0 Å². The summed E-state index contributed by atoms with van der Waals surface area (Å²) in [4.78, 5) is 0. The maximum absolute atomic E-state index is 0. The maximum Gasteiger partial charge on any atom is 0 e. The van der Waals surface area contributed by atoms with Crippen LogP contribution < -0.4 is 0 Å². The van der Waals surface area contributed by atoms with Crippen LogP contribution in [-0.4, -0.2) is 17.4 Å². The van der Waals surface area contributed by atoms with Crippen molar-refractivity contribution in [2.24, 2.45) is 0 Å². The summed E-state index contributed by atoms with van der Waals surface area (Å²) in [7, 11) is 0. The summed E-state index contributed by atoms with van der Waals surface area (Å²) in [5.74, 6) is 0. The molecule has 0 heterocycles. The number of hydrogen-bond acceptors (Lipinski definition) is 0. The van der Waals surface area contributed by atoms with E-state index in [0.717, 1.165) is 0 Å². The van der Waals surface area contributed by atoms with Crippen molar-refractivity contribution in [2.45, 2.75) is 0 Å². The van der Waals surface area contributed by atoms with Gasteiger partial charge in [-0.1, -0.05) is 0 Å². The van der Waals surface area contributed by atoms with Gasteiger partial charge in [0.2, 0.25) is 0 Å². The van der Waals surface area contributed by atoms with Crippen molar-refractivity contribution < 1.29 is 78.3 Å². The Hall–Kier alpha value is 3.03. The second kappa shape index (κ2) is 27.9. The predicted molar refractivity (Wildman–Crippen MR) is 5.75 cm³/mol. The van der Waals surface area contributed by atoms with E-state index >= 15 is 0 Å². The first-order chi connectivity index (χ1) is 0. The third-order valence-electron chi connectivity index (χ3n) is 0. The predicted octanol–water partition coefficient (Wildman–Crippen LogP) is -0.391. The van der Waals surface area contributed by atoms with Crippen LogP contribution in [0.4, 0.5) is 0 Å². The first-order valence-electron chi connectivity index (χ1n) is 0. The Morgan fingerprint density at radius 1 is 1.00 bits per heavy atom. The second-order valence-electron chi connectivity index (χ2n) is 0. The molecule has 0 nitrogen and oxygen atoms in total. The van der Waals surface area contributed by atoms with Gasteiger partial charge in [-0.05, 0) is 0 Å². The molecule has 0 saturated heterocycles. The molecule has 0 unspecified atom stereocenters. The van der Waals surface area contributed by atoms with Gasteiger partial charge < -0.3 is 0 Å². The average molecular weight is 454 g/mol. The molecule has 0 aliphatic rings. The zero-order chi connectivity index (χ0) is 0. The fraction of sp³-hybridized carbons (Fsp3) is 0. The molecule has 0 aromatic heterocycles. The van der Waals surface area contributed by atoms with Crippen LogP contribution in [0, 0.1) is 0 Å². The second-order valence-corrected chi connectivity index (χ2v) is 0. The molecule has 0 spiro atoms. The zero-order valence-electron chi connectivity index (χ0n) is 1.80. The molecule has 0 aliphatic carbocycles. The molecule has 5 heavy (non-hydrogen) atoms. The zero-order valence-corrected chi connectivity index (χ0v) is 8.53. The molecule has 0 fully saturated rings. The first-order valence-corrected chi connectivity index (χ1v) is 0. The van der Waals surface area contributed by atoms with Crippen molar-refractivity contribution in [1.29, 1.82) is 0 Å². The largest absolute Gasteiger partial charge is 0 e. The minimum atomic E-state index is 0. The van der Waals surface area contributed by atoms with E-state index in [2.05, 4.69) is 0 Å². The Morgan fingerprint density at radius 2 is 1.00 bits per heavy atom. The molecule has 0 rings (SSSR count). The quantitative estimate of drug-likeness (QED) is 0.438.